The van der Waals surface area contributed by atoms with Crippen LogP contribution in [0.5, 0.6) is 0 Å². The molecule has 0 saturated heterocycles. The normalized spacial score (nSPS) is 6.86. The summed E-state index contributed by atoms with van der Waals surface area (Å²) >= 11 is 0. The largest absolute Gasteiger partial charge is 0.662 e. The minimum Gasteiger partial charge on any atom is -0.662 e. The Kier molecular flexibility index (Phi) is 77.4. The van der Waals surface area contributed by atoms with Crippen LogP contribution in [0.1, 0.15) is 40.0 Å². The zero-order valence-corrected chi connectivity index (χ0v) is 12.6. The average Bonchev–Trinajstić information content (AvgIpc) is 2.06. The molecule has 0 aliphatic carbocycles. The summed E-state index contributed by atoms with van der Waals surface area (Å²) in [5.41, 5.74) is 0. The van der Waals surface area contributed by atoms with Crippen molar-refractivity contribution in [1.82, 2.24) is 0 Å². The Hall–Kier alpha value is 1.21. The summed E-state index contributed by atoms with van der Waals surface area (Å²) in [4.78, 5) is 0. The van der Waals surface area contributed by atoms with Gasteiger partial charge in [-0.1, -0.05) is 33.6 Å². The fraction of sp³-hybridized carbons (Fsp3) is 1.00. The van der Waals surface area contributed by atoms with Gasteiger partial charge in [-0.3, -0.25) is 0 Å². The third-order valence-corrected chi connectivity index (χ3v) is 0.987. The van der Waals surface area contributed by atoms with Gasteiger partial charge in [0.25, 0.3) is 0 Å². The number of aliphatic hydroxyl groups excluding tert-OH is 1. The molecule has 14 heavy (non-hydrogen) atoms. The third kappa shape index (κ3) is 51.1. The van der Waals surface area contributed by atoms with Crippen LogP contribution in [0.25, 0.3) is 5.32 Å². The zero-order chi connectivity index (χ0) is 8.95. The Morgan fingerprint density at radius 1 is 0.857 bits per heavy atom. The summed E-state index contributed by atoms with van der Waals surface area (Å²) in [5, 5.41) is 12.1. The van der Waals surface area contributed by atoms with E-state index in [0.717, 1.165) is 19.5 Å². The van der Waals surface area contributed by atoms with Crippen molar-refractivity contribution in [3.05, 3.63) is 5.32 Å². The van der Waals surface area contributed by atoms with Gasteiger partial charge in [-0.2, -0.15) is 0 Å². The van der Waals surface area contributed by atoms with Crippen molar-refractivity contribution in [1.29, 1.82) is 0 Å². The van der Waals surface area contributed by atoms with Gasteiger partial charge in [0, 0.05) is 28.3 Å². The summed E-state index contributed by atoms with van der Waals surface area (Å²) in [5.74, 6) is 0. The van der Waals surface area contributed by atoms with Gasteiger partial charge >= 0.3 is 0 Å². The maximum Gasteiger partial charge on any atom is 0.0428 e. The fourth-order valence-electron chi connectivity index (χ4n) is 0.428. The summed E-state index contributed by atoms with van der Waals surface area (Å²) in [6, 6.07) is 0. The van der Waals surface area contributed by atoms with E-state index in [-0.39, 0.29) is 46.5 Å². The van der Waals surface area contributed by atoms with Crippen molar-refractivity contribution >= 4 is 24.8 Å². The molecule has 0 aliphatic rings. The molecule has 0 aromatic carbocycles. The molecule has 90 valence electrons. The minimum atomic E-state index is 0. The molecule has 0 atom stereocenters. The standard InChI is InChI=1S/C6H14N.C3H8O.2ClH.Ti/c1-3-5-7-6-4-2;1-2-3-4;;;/h3-6H2,1-2H3;4H,2-3H2,1H3;2*1H;/q-1;;;;. The van der Waals surface area contributed by atoms with Crippen LogP contribution in [0, 0.1) is 0 Å². The van der Waals surface area contributed by atoms with Gasteiger partial charge in [0.1, 0.15) is 0 Å². The molecule has 0 spiro atoms. The van der Waals surface area contributed by atoms with Gasteiger partial charge in [-0.25, -0.2) is 0 Å². The van der Waals surface area contributed by atoms with E-state index in [1.165, 1.54) is 12.8 Å². The van der Waals surface area contributed by atoms with Crippen molar-refractivity contribution in [2.45, 2.75) is 40.0 Å². The second kappa shape index (κ2) is 36.8. The van der Waals surface area contributed by atoms with E-state index >= 15 is 0 Å². The molecule has 1 N–H and O–H groups in total. The van der Waals surface area contributed by atoms with Crippen molar-refractivity contribution < 1.29 is 26.8 Å². The Morgan fingerprint density at radius 3 is 1.29 bits per heavy atom. The van der Waals surface area contributed by atoms with Crippen LogP contribution in [0.2, 0.25) is 0 Å². The first-order valence-corrected chi connectivity index (χ1v) is 4.57. The number of halogens is 2. The number of aliphatic hydroxyl groups is 1. The topological polar surface area (TPSA) is 34.3 Å². The second-order valence-electron chi connectivity index (χ2n) is 2.39. The number of hydrogen-bond donors (Lipinski definition) is 1. The maximum atomic E-state index is 7.88. The zero-order valence-electron chi connectivity index (χ0n) is 9.45. The van der Waals surface area contributed by atoms with E-state index in [1.54, 1.807) is 0 Å². The molecular weight excluding hydrogens is 257 g/mol. The molecule has 0 aromatic heterocycles. The van der Waals surface area contributed by atoms with E-state index in [4.69, 9.17) is 5.11 Å². The SMILES string of the molecule is CCCO.CCC[N-]CCC.Cl.Cl.[Ti]. The van der Waals surface area contributed by atoms with Gasteiger partial charge < -0.3 is 10.4 Å². The molecule has 0 amide bonds. The van der Waals surface area contributed by atoms with Crippen molar-refractivity contribution in [3.63, 3.8) is 0 Å². The molecule has 0 aliphatic heterocycles. The van der Waals surface area contributed by atoms with Crippen LogP contribution in [-0.2, 0) is 21.7 Å². The van der Waals surface area contributed by atoms with Gasteiger partial charge in [0.2, 0.25) is 0 Å². The van der Waals surface area contributed by atoms with Gasteiger partial charge in [0.15, 0.2) is 0 Å². The molecule has 0 rings (SSSR count). The minimum absolute atomic E-state index is 0. The Bertz CT molecular complexity index is 56.1. The fourth-order valence-corrected chi connectivity index (χ4v) is 0.428. The van der Waals surface area contributed by atoms with Gasteiger partial charge in [-0.15, -0.1) is 37.9 Å². The van der Waals surface area contributed by atoms with Crippen LogP contribution in [0.3, 0.4) is 0 Å². The number of rotatable bonds is 5. The molecule has 2 nitrogen and oxygen atoms in total. The molecular formula is C9H24Cl2NOTi-. The number of hydrogen-bond acceptors (Lipinski definition) is 1. The summed E-state index contributed by atoms with van der Waals surface area (Å²) < 4.78 is 0. The average molecular weight is 281 g/mol. The van der Waals surface area contributed by atoms with Crippen LogP contribution in [0.15, 0.2) is 0 Å². The van der Waals surface area contributed by atoms with E-state index in [9.17, 15) is 0 Å². The molecule has 0 unspecified atom stereocenters. The van der Waals surface area contributed by atoms with Crippen LogP contribution in [0.4, 0.5) is 0 Å². The quantitative estimate of drug-likeness (QED) is 0.608. The Balaban J connectivity index is -0.0000000347. The van der Waals surface area contributed by atoms with Crippen molar-refractivity contribution in [2.75, 3.05) is 19.7 Å². The molecule has 0 bridgehead atoms. The Labute approximate surface area is 116 Å². The van der Waals surface area contributed by atoms with Crippen molar-refractivity contribution in [3.8, 4) is 0 Å². The summed E-state index contributed by atoms with van der Waals surface area (Å²) in [6.07, 6.45) is 3.26. The van der Waals surface area contributed by atoms with E-state index in [1.807, 2.05) is 6.92 Å². The van der Waals surface area contributed by atoms with E-state index in [0.29, 0.717) is 6.61 Å². The molecule has 0 saturated carbocycles. The van der Waals surface area contributed by atoms with Gasteiger partial charge in [0.05, 0.1) is 0 Å². The number of nitrogens with zero attached hydrogens (tertiary/aromatic N) is 1. The van der Waals surface area contributed by atoms with Gasteiger partial charge in [-0.05, 0) is 6.42 Å². The van der Waals surface area contributed by atoms with Crippen molar-refractivity contribution in [2.24, 2.45) is 0 Å². The smallest absolute Gasteiger partial charge is 0.0428 e. The predicted octanol–water partition coefficient (Wildman–Crippen LogP) is 3.41. The van der Waals surface area contributed by atoms with E-state index in [2.05, 4.69) is 19.2 Å². The summed E-state index contributed by atoms with van der Waals surface area (Å²) in [6.45, 7) is 8.65. The first-order chi connectivity index (χ1) is 5.33. The van der Waals surface area contributed by atoms with Crippen LogP contribution < -0.4 is 0 Å². The summed E-state index contributed by atoms with van der Waals surface area (Å²) in [7, 11) is 0. The Morgan fingerprint density at radius 2 is 1.14 bits per heavy atom. The predicted molar refractivity (Wildman–Crippen MR) is 65.5 cm³/mol. The molecule has 5 heteroatoms. The third-order valence-electron chi connectivity index (χ3n) is 0.987. The van der Waals surface area contributed by atoms with E-state index < -0.39 is 0 Å². The maximum absolute atomic E-state index is 7.88. The van der Waals surface area contributed by atoms with Crippen LogP contribution in [-0.4, -0.2) is 24.8 Å². The molecule has 0 aromatic rings. The molecule has 0 heterocycles. The first kappa shape index (κ1) is 29.5. The van der Waals surface area contributed by atoms with Crippen LogP contribution >= 0.6 is 24.8 Å². The second-order valence-corrected chi connectivity index (χ2v) is 2.39. The molecule has 0 fully saturated rings. The monoisotopic (exact) mass is 280 g/mol. The molecule has 0 radical (unpaired) electrons. The first-order valence-electron chi connectivity index (χ1n) is 4.57.